The van der Waals surface area contributed by atoms with Crippen molar-refractivity contribution in [3.63, 3.8) is 0 Å². The van der Waals surface area contributed by atoms with Crippen LogP contribution in [0.2, 0.25) is 0 Å². The lowest BCUT2D eigenvalue weighted by Crippen LogP contribution is -2.40. The summed E-state index contributed by atoms with van der Waals surface area (Å²) in [6, 6.07) is 6.84. The lowest BCUT2D eigenvalue weighted by molar-refractivity contribution is 0.0920. The second-order valence-electron chi connectivity index (χ2n) is 5.34. The largest absolute Gasteiger partial charge is 0.506 e. The van der Waals surface area contributed by atoms with E-state index < -0.39 is 0 Å². The molecule has 0 aliphatic carbocycles. The average Bonchev–Trinajstić information content (AvgIpc) is 2.96. The minimum atomic E-state index is -0.254. The molecule has 22 heavy (non-hydrogen) atoms. The number of aromatic hydroxyl groups is 1. The third kappa shape index (κ3) is 3.40. The van der Waals surface area contributed by atoms with Crippen molar-refractivity contribution in [3.05, 3.63) is 54.1 Å². The minimum Gasteiger partial charge on any atom is -0.506 e. The second-order valence-corrected chi connectivity index (χ2v) is 5.34. The van der Waals surface area contributed by atoms with E-state index in [9.17, 15) is 9.90 Å². The number of aromatic nitrogens is 2. The van der Waals surface area contributed by atoms with Crippen LogP contribution in [0.15, 0.2) is 42.9 Å². The normalized spacial score (nSPS) is 20.7. The highest BCUT2D eigenvalue weighted by atomic mass is 16.5. The standard InChI is InChI=1S/C16H17N3O3/c20-13-1-2-14(18-8-13)16(21)19-15-10-22-9-12(15)7-11-3-5-17-6-4-11/h1-6,8,12,15,20H,7,9-10H2,(H,19,21)/t12-,15+/m1/s1. The van der Waals surface area contributed by atoms with Crippen molar-refractivity contribution in [3.8, 4) is 5.75 Å². The molecule has 0 spiro atoms. The van der Waals surface area contributed by atoms with Crippen molar-refractivity contribution in [1.29, 1.82) is 0 Å². The van der Waals surface area contributed by atoms with Gasteiger partial charge in [-0.1, -0.05) is 0 Å². The van der Waals surface area contributed by atoms with E-state index in [0.29, 0.717) is 13.2 Å². The molecule has 1 fully saturated rings. The molecule has 0 unspecified atom stereocenters. The summed E-state index contributed by atoms with van der Waals surface area (Å²) in [6.07, 6.45) is 5.61. The third-order valence-electron chi connectivity index (χ3n) is 3.74. The Labute approximate surface area is 128 Å². The number of ether oxygens (including phenoxy) is 1. The molecule has 3 rings (SSSR count). The quantitative estimate of drug-likeness (QED) is 0.885. The van der Waals surface area contributed by atoms with Gasteiger partial charge in [0.05, 0.1) is 25.5 Å². The molecule has 0 radical (unpaired) electrons. The van der Waals surface area contributed by atoms with Crippen LogP contribution in [0.5, 0.6) is 5.75 Å². The first-order chi connectivity index (χ1) is 10.7. The highest BCUT2D eigenvalue weighted by Gasteiger charge is 2.30. The predicted octanol–water partition coefficient (Wildman–Crippen LogP) is 1.17. The summed E-state index contributed by atoms with van der Waals surface area (Å²) >= 11 is 0. The van der Waals surface area contributed by atoms with E-state index in [1.807, 2.05) is 12.1 Å². The fraction of sp³-hybridized carbons (Fsp3) is 0.312. The molecular formula is C16H17N3O3. The van der Waals surface area contributed by atoms with Crippen LogP contribution in [0.4, 0.5) is 0 Å². The molecule has 2 N–H and O–H groups in total. The zero-order chi connectivity index (χ0) is 15.4. The number of nitrogens with one attached hydrogen (secondary N) is 1. The van der Waals surface area contributed by atoms with Gasteiger partial charge in [0.2, 0.25) is 0 Å². The van der Waals surface area contributed by atoms with E-state index >= 15 is 0 Å². The predicted molar refractivity (Wildman–Crippen MR) is 79.4 cm³/mol. The molecule has 2 aromatic rings. The van der Waals surface area contributed by atoms with E-state index in [2.05, 4.69) is 15.3 Å². The molecule has 2 aromatic heterocycles. The van der Waals surface area contributed by atoms with Gasteiger partial charge in [0.25, 0.3) is 5.91 Å². The van der Waals surface area contributed by atoms with Gasteiger partial charge in [0, 0.05) is 18.3 Å². The van der Waals surface area contributed by atoms with Crippen molar-refractivity contribution in [2.45, 2.75) is 12.5 Å². The van der Waals surface area contributed by atoms with Crippen molar-refractivity contribution < 1.29 is 14.6 Å². The van der Waals surface area contributed by atoms with Gasteiger partial charge in [0.1, 0.15) is 11.4 Å². The van der Waals surface area contributed by atoms with Crippen LogP contribution in [0, 0.1) is 5.92 Å². The fourth-order valence-electron chi connectivity index (χ4n) is 2.54. The second kappa shape index (κ2) is 6.53. The zero-order valence-corrected chi connectivity index (χ0v) is 12.0. The first-order valence-electron chi connectivity index (χ1n) is 7.15. The number of pyridine rings is 2. The summed E-state index contributed by atoms with van der Waals surface area (Å²) in [5.74, 6) is 0.00927. The Balaban J connectivity index is 1.63. The van der Waals surface area contributed by atoms with Crippen LogP contribution < -0.4 is 5.32 Å². The molecule has 0 saturated carbocycles. The molecule has 2 atom stereocenters. The Kier molecular flexibility index (Phi) is 4.29. The maximum Gasteiger partial charge on any atom is 0.270 e. The van der Waals surface area contributed by atoms with E-state index in [1.54, 1.807) is 12.4 Å². The minimum absolute atomic E-state index is 0.0383. The highest BCUT2D eigenvalue weighted by Crippen LogP contribution is 2.19. The van der Waals surface area contributed by atoms with Gasteiger partial charge in [-0.3, -0.25) is 9.78 Å². The molecule has 1 aliphatic rings. The van der Waals surface area contributed by atoms with Crippen molar-refractivity contribution >= 4 is 5.91 Å². The van der Waals surface area contributed by atoms with Gasteiger partial charge in [0.15, 0.2) is 0 Å². The molecule has 0 aromatic carbocycles. The summed E-state index contributed by atoms with van der Waals surface area (Å²) in [4.78, 5) is 20.1. The Morgan fingerprint density at radius 2 is 2.09 bits per heavy atom. The van der Waals surface area contributed by atoms with Crippen molar-refractivity contribution in [2.75, 3.05) is 13.2 Å². The monoisotopic (exact) mass is 299 g/mol. The van der Waals surface area contributed by atoms with Crippen molar-refractivity contribution in [1.82, 2.24) is 15.3 Å². The van der Waals surface area contributed by atoms with Crippen LogP contribution in [0.1, 0.15) is 16.1 Å². The van der Waals surface area contributed by atoms with Crippen LogP contribution in [-0.2, 0) is 11.2 Å². The number of hydrogen-bond acceptors (Lipinski definition) is 5. The Bertz CT molecular complexity index is 631. The molecule has 1 saturated heterocycles. The average molecular weight is 299 g/mol. The van der Waals surface area contributed by atoms with Crippen LogP contribution in [-0.4, -0.2) is 40.2 Å². The van der Waals surface area contributed by atoms with Gasteiger partial charge in [-0.25, -0.2) is 4.98 Å². The molecule has 114 valence electrons. The highest BCUT2D eigenvalue weighted by molar-refractivity contribution is 5.92. The number of rotatable bonds is 4. The van der Waals surface area contributed by atoms with Crippen LogP contribution in [0.25, 0.3) is 0 Å². The summed E-state index contributed by atoms with van der Waals surface area (Å²) in [5, 5.41) is 12.2. The number of hydrogen-bond donors (Lipinski definition) is 2. The van der Waals surface area contributed by atoms with Crippen LogP contribution >= 0.6 is 0 Å². The summed E-state index contributed by atoms with van der Waals surface area (Å²) < 4.78 is 5.51. The smallest absolute Gasteiger partial charge is 0.270 e. The van der Waals surface area contributed by atoms with Gasteiger partial charge in [-0.05, 0) is 36.2 Å². The van der Waals surface area contributed by atoms with E-state index in [-0.39, 0.29) is 29.3 Å². The first-order valence-corrected chi connectivity index (χ1v) is 7.15. The summed E-state index contributed by atoms with van der Waals surface area (Å²) in [6.45, 7) is 1.12. The van der Waals surface area contributed by atoms with E-state index in [1.165, 1.54) is 23.9 Å². The van der Waals surface area contributed by atoms with Crippen LogP contribution in [0.3, 0.4) is 0 Å². The number of nitrogens with zero attached hydrogens (tertiary/aromatic N) is 2. The van der Waals surface area contributed by atoms with Gasteiger partial charge in [-0.2, -0.15) is 0 Å². The maximum absolute atomic E-state index is 12.2. The summed E-state index contributed by atoms with van der Waals surface area (Å²) in [5.41, 5.74) is 1.46. The number of carbonyl (C=O) groups excluding carboxylic acids is 1. The number of carbonyl (C=O) groups is 1. The molecule has 6 heteroatoms. The van der Waals surface area contributed by atoms with Gasteiger partial charge >= 0.3 is 0 Å². The molecule has 0 bridgehead atoms. The van der Waals surface area contributed by atoms with Gasteiger partial charge in [-0.15, -0.1) is 0 Å². The lowest BCUT2D eigenvalue weighted by Gasteiger charge is -2.18. The Morgan fingerprint density at radius 3 is 2.82 bits per heavy atom. The lowest BCUT2D eigenvalue weighted by atomic mass is 9.95. The summed E-state index contributed by atoms with van der Waals surface area (Å²) in [7, 11) is 0. The fourth-order valence-corrected chi connectivity index (χ4v) is 2.54. The molecule has 6 nitrogen and oxygen atoms in total. The van der Waals surface area contributed by atoms with E-state index in [0.717, 1.165) is 6.42 Å². The van der Waals surface area contributed by atoms with E-state index in [4.69, 9.17) is 4.74 Å². The molecule has 1 aliphatic heterocycles. The Hall–Kier alpha value is -2.47. The first kappa shape index (κ1) is 14.5. The topological polar surface area (TPSA) is 84.3 Å². The zero-order valence-electron chi connectivity index (χ0n) is 12.0. The molecule has 1 amide bonds. The SMILES string of the molecule is O=C(N[C@H]1COC[C@H]1Cc1ccncc1)c1ccc(O)cn1. The third-order valence-corrected chi connectivity index (χ3v) is 3.74. The molecular weight excluding hydrogens is 282 g/mol. The number of amides is 1. The molecule has 3 heterocycles. The van der Waals surface area contributed by atoms with Gasteiger partial charge < -0.3 is 15.2 Å². The van der Waals surface area contributed by atoms with Crippen molar-refractivity contribution in [2.24, 2.45) is 5.92 Å². The maximum atomic E-state index is 12.2. The Morgan fingerprint density at radius 1 is 1.27 bits per heavy atom.